The van der Waals surface area contributed by atoms with Gasteiger partial charge in [0, 0.05) is 12.0 Å². The molecule has 0 aromatic carbocycles. The monoisotopic (exact) mass is 193 g/mol. The summed E-state index contributed by atoms with van der Waals surface area (Å²) in [6.07, 6.45) is 12.4. The van der Waals surface area contributed by atoms with E-state index < -0.39 is 0 Å². The predicted octanol–water partition coefficient (Wildman–Crippen LogP) is 2.40. The van der Waals surface area contributed by atoms with Gasteiger partial charge >= 0.3 is 0 Å². The summed E-state index contributed by atoms with van der Waals surface area (Å²) in [6, 6.07) is 0.469. The van der Waals surface area contributed by atoms with Gasteiger partial charge in [-0.3, -0.25) is 4.79 Å². The van der Waals surface area contributed by atoms with Crippen molar-refractivity contribution in [3.63, 3.8) is 0 Å². The maximum absolute atomic E-state index is 11.8. The Balaban J connectivity index is 1.75. The van der Waals surface area contributed by atoms with E-state index in [0.29, 0.717) is 6.04 Å². The molecule has 0 atom stereocenters. The standard InChI is InChI=1S/C12H19NO/c14-12(10-6-4-5-7-10)13-11-8-2-1-3-9-11/h4-5,10-11H,1-3,6-9H2,(H,13,14). The van der Waals surface area contributed by atoms with Crippen molar-refractivity contribution in [1.29, 1.82) is 0 Å². The first-order valence-corrected chi connectivity index (χ1v) is 5.81. The Kier molecular flexibility index (Phi) is 3.22. The van der Waals surface area contributed by atoms with Crippen LogP contribution in [0.5, 0.6) is 0 Å². The maximum atomic E-state index is 11.8. The van der Waals surface area contributed by atoms with Crippen molar-refractivity contribution >= 4 is 5.91 Å². The number of rotatable bonds is 2. The Morgan fingerprint density at radius 2 is 1.71 bits per heavy atom. The quantitative estimate of drug-likeness (QED) is 0.670. The van der Waals surface area contributed by atoms with Crippen LogP contribution >= 0.6 is 0 Å². The lowest BCUT2D eigenvalue weighted by atomic mass is 9.94. The van der Waals surface area contributed by atoms with E-state index in [-0.39, 0.29) is 11.8 Å². The Bertz CT molecular complexity index is 220. The molecule has 0 aromatic heterocycles. The first-order chi connectivity index (χ1) is 6.86. The highest BCUT2D eigenvalue weighted by atomic mass is 16.1. The highest BCUT2D eigenvalue weighted by molar-refractivity contribution is 5.79. The number of nitrogens with one attached hydrogen (secondary N) is 1. The summed E-state index contributed by atoms with van der Waals surface area (Å²) in [6.45, 7) is 0. The third-order valence-electron chi connectivity index (χ3n) is 3.33. The Hall–Kier alpha value is -0.790. The van der Waals surface area contributed by atoms with Gasteiger partial charge in [-0.2, -0.15) is 0 Å². The SMILES string of the molecule is O=C(NC1CCCCC1)C1CC=CC1. The number of carbonyl (C=O) groups is 1. The van der Waals surface area contributed by atoms with Crippen molar-refractivity contribution in [3.8, 4) is 0 Å². The summed E-state index contributed by atoms with van der Waals surface area (Å²) >= 11 is 0. The van der Waals surface area contributed by atoms with E-state index in [1.165, 1.54) is 32.1 Å². The Labute approximate surface area is 85.8 Å². The number of allylic oxidation sites excluding steroid dienone is 2. The van der Waals surface area contributed by atoms with Crippen molar-refractivity contribution in [3.05, 3.63) is 12.2 Å². The molecule has 0 heterocycles. The van der Waals surface area contributed by atoms with Gasteiger partial charge in [0.2, 0.25) is 5.91 Å². The minimum Gasteiger partial charge on any atom is -0.353 e. The van der Waals surface area contributed by atoms with E-state index in [4.69, 9.17) is 0 Å². The van der Waals surface area contributed by atoms with Crippen molar-refractivity contribution in [1.82, 2.24) is 5.32 Å². The number of hydrogen-bond acceptors (Lipinski definition) is 1. The van der Waals surface area contributed by atoms with Crippen molar-refractivity contribution in [2.24, 2.45) is 5.92 Å². The molecule has 2 rings (SSSR count). The second kappa shape index (κ2) is 4.63. The number of hydrogen-bond donors (Lipinski definition) is 1. The molecular formula is C12H19NO. The maximum Gasteiger partial charge on any atom is 0.223 e. The summed E-state index contributed by atoms with van der Waals surface area (Å²) in [4.78, 5) is 11.8. The van der Waals surface area contributed by atoms with Gasteiger partial charge in [0.1, 0.15) is 0 Å². The van der Waals surface area contributed by atoms with Crippen LogP contribution in [0.25, 0.3) is 0 Å². The molecule has 0 saturated heterocycles. The van der Waals surface area contributed by atoms with Gasteiger partial charge in [-0.05, 0) is 25.7 Å². The summed E-state index contributed by atoms with van der Waals surface area (Å²) in [5.41, 5.74) is 0. The van der Waals surface area contributed by atoms with Gasteiger partial charge in [0.15, 0.2) is 0 Å². The molecular weight excluding hydrogens is 174 g/mol. The fourth-order valence-electron chi connectivity index (χ4n) is 2.40. The summed E-state index contributed by atoms with van der Waals surface area (Å²) in [5, 5.41) is 3.18. The van der Waals surface area contributed by atoms with E-state index in [0.717, 1.165) is 12.8 Å². The van der Waals surface area contributed by atoms with Crippen LogP contribution < -0.4 is 5.32 Å². The lowest BCUT2D eigenvalue weighted by Crippen LogP contribution is -2.39. The van der Waals surface area contributed by atoms with Crippen LogP contribution in [0.2, 0.25) is 0 Å². The third-order valence-corrected chi connectivity index (χ3v) is 3.33. The molecule has 0 aliphatic heterocycles. The van der Waals surface area contributed by atoms with Crippen LogP contribution in [-0.4, -0.2) is 11.9 Å². The van der Waals surface area contributed by atoms with E-state index in [9.17, 15) is 4.79 Å². The molecule has 0 spiro atoms. The second-order valence-electron chi connectivity index (χ2n) is 4.48. The smallest absolute Gasteiger partial charge is 0.223 e. The first kappa shape index (κ1) is 9.75. The third kappa shape index (κ3) is 2.37. The first-order valence-electron chi connectivity index (χ1n) is 5.81. The topological polar surface area (TPSA) is 29.1 Å². The molecule has 2 aliphatic carbocycles. The molecule has 2 aliphatic rings. The van der Waals surface area contributed by atoms with E-state index >= 15 is 0 Å². The van der Waals surface area contributed by atoms with Gasteiger partial charge in [-0.1, -0.05) is 31.4 Å². The van der Waals surface area contributed by atoms with Crippen LogP contribution in [0.15, 0.2) is 12.2 Å². The number of amides is 1. The van der Waals surface area contributed by atoms with Crippen LogP contribution in [-0.2, 0) is 4.79 Å². The number of carbonyl (C=O) groups excluding carboxylic acids is 1. The van der Waals surface area contributed by atoms with Crippen molar-refractivity contribution in [2.45, 2.75) is 51.0 Å². The van der Waals surface area contributed by atoms with Gasteiger partial charge in [0.25, 0.3) is 0 Å². The van der Waals surface area contributed by atoms with E-state index in [1.54, 1.807) is 0 Å². The zero-order valence-electron chi connectivity index (χ0n) is 8.67. The van der Waals surface area contributed by atoms with Crippen LogP contribution in [0.3, 0.4) is 0 Å². The second-order valence-corrected chi connectivity index (χ2v) is 4.48. The average molecular weight is 193 g/mol. The van der Waals surface area contributed by atoms with Crippen LogP contribution in [0.4, 0.5) is 0 Å². The van der Waals surface area contributed by atoms with Gasteiger partial charge in [-0.25, -0.2) is 0 Å². The van der Waals surface area contributed by atoms with Crippen LogP contribution in [0, 0.1) is 5.92 Å². The molecule has 1 fully saturated rings. The van der Waals surface area contributed by atoms with Crippen molar-refractivity contribution < 1.29 is 4.79 Å². The minimum atomic E-state index is 0.233. The molecule has 0 radical (unpaired) electrons. The minimum absolute atomic E-state index is 0.233. The molecule has 1 saturated carbocycles. The summed E-state index contributed by atoms with van der Waals surface area (Å²) in [7, 11) is 0. The van der Waals surface area contributed by atoms with Gasteiger partial charge < -0.3 is 5.32 Å². The average Bonchev–Trinajstić information content (AvgIpc) is 2.72. The zero-order valence-corrected chi connectivity index (χ0v) is 8.67. The summed E-state index contributed by atoms with van der Waals surface area (Å²) < 4.78 is 0. The highest BCUT2D eigenvalue weighted by Gasteiger charge is 2.22. The Morgan fingerprint density at radius 1 is 1.07 bits per heavy atom. The van der Waals surface area contributed by atoms with Gasteiger partial charge in [-0.15, -0.1) is 0 Å². The van der Waals surface area contributed by atoms with E-state index in [1.807, 2.05) is 0 Å². The van der Waals surface area contributed by atoms with Crippen molar-refractivity contribution in [2.75, 3.05) is 0 Å². The normalized spacial score (nSPS) is 24.0. The molecule has 0 unspecified atom stereocenters. The van der Waals surface area contributed by atoms with E-state index in [2.05, 4.69) is 17.5 Å². The largest absolute Gasteiger partial charge is 0.353 e. The fraction of sp³-hybridized carbons (Fsp3) is 0.750. The Morgan fingerprint density at radius 3 is 2.36 bits per heavy atom. The fourth-order valence-corrected chi connectivity index (χ4v) is 2.40. The predicted molar refractivity (Wildman–Crippen MR) is 56.9 cm³/mol. The summed E-state index contributed by atoms with van der Waals surface area (Å²) in [5.74, 6) is 0.513. The molecule has 1 amide bonds. The molecule has 0 bridgehead atoms. The molecule has 2 nitrogen and oxygen atoms in total. The van der Waals surface area contributed by atoms with Crippen LogP contribution in [0.1, 0.15) is 44.9 Å². The molecule has 14 heavy (non-hydrogen) atoms. The highest BCUT2D eigenvalue weighted by Crippen LogP contribution is 2.21. The molecule has 2 heteroatoms. The zero-order chi connectivity index (χ0) is 9.80. The lowest BCUT2D eigenvalue weighted by Gasteiger charge is -2.24. The molecule has 78 valence electrons. The van der Waals surface area contributed by atoms with Gasteiger partial charge in [0.05, 0.1) is 0 Å². The lowest BCUT2D eigenvalue weighted by molar-refractivity contribution is -0.125. The molecule has 1 N–H and O–H groups in total. The molecule has 0 aromatic rings.